The van der Waals surface area contributed by atoms with Crippen molar-refractivity contribution in [2.45, 2.75) is 76.6 Å². The van der Waals surface area contributed by atoms with Gasteiger partial charge in [0.1, 0.15) is 0 Å². The topological polar surface area (TPSA) is 40.6 Å². The van der Waals surface area contributed by atoms with Crippen LogP contribution in [0.2, 0.25) is 0 Å². The zero-order valence-corrected chi connectivity index (χ0v) is 17.7. The van der Waals surface area contributed by atoms with Gasteiger partial charge in [-0.2, -0.15) is 0 Å². The van der Waals surface area contributed by atoms with Crippen LogP contribution in [0.5, 0.6) is 0 Å². The average molecular weight is 391 g/mol. The fourth-order valence-electron chi connectivity index (χ4n) is 5.42. The first kappa shape index (κ1) is 19.4. The summed E-state index contributed by atoms with van der Waals surface area (Å²) in [4.78, 5) is 2.70. The minimum absolute atomic E-state index is 0.302. The van der Waals surface area contributed by atoms with E-state index in [1.54, 1.807) is 18.2 Å². The molecule has 2 heterocycles. The maximum absolute atomic E-state index is 12.4. The van der Waals surface area contributed by atoms with Crippen molar-refractivity contribution in [3.05, 3.63) is 35.4 Å². The van der Waals surface area contributed by atoms with Gasteiger partial charge in [-0.3, -0.25) is 4.90 Å². The summed E-state index contributed by atoms with van der Waals surface area (Å²) in [5.41, 5.74) is 3.43. The Balaban J connectivity index is 1.32. The Morgan fingerprint density at radius 3 is 2.22 bits per heavy atom. The van der Waals surface area contributed by atoms with Crippen LogP contribution < -0.4 is 0 Å². The molecule has 150 valence electrons. The maximum Gasteiger partial charge on any atom is 0.216 e. The van der Waals surface area contributed by atoms with Crippen molar-refractivity contribution < 1.29 is 8.42 Å². The number of sulfonamides is 1. The molecular weight excluding hydrogens is 356 g/mol. The third-order valence-corrected chi connectivity index (χ3v) is 9.71. The highest BCUT2D eigenvalue weighted by molar-refractivity contribution is 7.89. The Labute approximate surface area is 165 Å². The molecule has 2 aliphatic heterocycles. The Morgan fingerprint density at radius 1 is 0.963 bits per heavy atom. The zero-order valence-electron chi connectivity index (χ0n) is 16.9. The number of piperidine rings is 1. The molecule has 1 aliphatic carbocycles. The van der Waals surface area contributed by atoms with E-state index in [-0.39, 0.29) is 5.25 Å². The van der Waals surface area contributed by atoms with Crippen LogP contribution in [0.3, 0.4) is 0 Å². The van der Waals surface area contributed by atoms with Gasteiger partial charge in [0, 0.05) is 32.2 Å². The summed E-state index contributed by atoms with van der Waals surface area (Å²) in [6.07, 6.45) is 8.37. The van der Waals surface area contributed by atoms with E-state index >= 15 is 0 Å². The van der Waals surface area contributed by atoms with E-state index in [2.05, 4.69) is 29.2 Å². The summed E-state index contributed by atoms with van der Waals surface area (Å²) in [6.45, 7) is 7.33. The highest BCUT2D eigenvalue weighted by atomic mass is 32.2. The van der Waals surface area contributed by atoms with Crippen molar-refractivity contribution in [3.63, 3.8) is 0 Å². The third-order valence-electron chi connectivity index (χ3n) is 7.43. The largest absolute Gasteiger partial charge is 0.296 e. The molecule has 0 bridgehead atoms. The second-order valence-corrected chi connectivity index (χ2v) is 11.7. The molecule has 0 amide bonds. The standard InChI is InChI=1S/C22H34N2O2S/c1-18(2)27(25,26)24-15-12-22(13-16-24)10-7-21(8-11-22)23-14-9-19-5-3-4-6-20(19)17-23/h3-6,18,21H,7-17H2,1-2H3. The molecule has 1 aromatic rings. The van der Waals surface area contributed by atoms with Crippen molar-refractivity contribution in [2.24, 2.45) is 5.41 Å². The quantitative estimate of drug-likeness (QED) is 0.788. The lowest BCUT2D eigenvalue weighted by Crippen LogP contribution is -2.49. The van der Waals surface area contributed by atoms with Gasteiger partial charge in [0.2, 0.25) is 10.0 Å². The SMILES string of the molecule is CC(C)S(=O)(=O)N1CCC2(CCC(N3CCc4ccccc4C3)CC2)CC1. The van der Waals surface area contributed by atoms with Crippen LogP contribution in [0.25, 0.3) is 0 Å². The normalized spacial score (nSPS) is 25.0. The van der Waals surface area contributed by atoms with Crippen LogP contribution in [0.1, 0.15) is 63.5 Å². The highest BCUT2D eigenvalue weighted by Crippen LogP contribution is 2.46. The highest BCUT2D eigenvalue weighted by Gasteiger charge is 2.42. The number of rotatable bonds is 3. The first-order valence-electron chi connectivity index (χ1n) is 10.7. The molecular formula is C22H34N2O2S. The van der Waals surface area contributed by atoms with Crippen LogP contribution in [-0.4, -0.2) is 48.5 Å². The average Bonchev–Trinajstić information content (AvgIpc) is 2.68. The fraction of sp³-hybridized carbons (Fsp3) is 0.727. The van der Waals surface area contributed by atoms with Gasteiger partial charge in [0.25, 0.3) is 0 Å². The van der Waals surface area contributed by atoms with Gasteiger partial charge in [0.15, 0.2) is 0 Å². The summed E-state index contributed by atoms with van der Waals surface area (Å²) in [5, 5.41) is -0.302. The molecule has 1 spiro atoms. The lowest BCUT2D eigenvalue weighted by Gasteiger charge is -2.48. The Kier molecular flexibility index (Phi) is 5.38. The van der Waals surface area contributed by atoms with Crippen LogP contribution in [0.4, 0.5) is 0 Å². The first-order chi connectivity index (χ1) is 12.9. The van der Waals surface area contributed by atoms with Crippen molar-refractivity contribution >= 4 is 10.0 Å². The lowest BCUT2D eigenvalue weighted by molar-refractivity contribution is 0.0458. The number of benzene rings is 1. The second-order valence-electron chi connectivity index (χ2n) is 9.21. The van der Waals surface area contributed by atoms with Gasteiger partial charge in [-0.05, 0) is 75.3 Å². The van der Waals surface area contributed by atoms with Crippen LogP contribution in [0.15, 0.2) is 24.3 Å². The molecule has 5 heteroatoms. The summed E-state index contributed by atoms with van der Waals surface area (Å²) >= 11 is 0. The van der Waals surface area contributed by atoms with Gasteiger partial charge in [0.05, 0.1) is 5.25 Å². The van der Waals surface area contributed by atoms with Gasteiger partial charge >= 0.3 is 0 Å². The molecule has 0 N–H and O–H groups in total. The fourth-order valence-corrected chi connectivity index (χ4v) is 6.71. The summed E-state index contributed by atoms with van der Waals surface area (Å²) < 4.78 is 26.6. The van der Waals surface area contributed by atoms with E-state index in [1.807, 2.05) is 0 Å². The molecule has 27 heavy (non-hydrogen) atoms. The molecule has 1 aromatic carbocycles. The molecule has 0 unspecified atom stereocenters. The lowest BCUT2D eigenvalue weighted by atomic mass is 9.67. The molecule has 0 radical (unpaired) electrons. The number of hydrogen-bond acceptors (Lipinski definition) is 3. The van der Waals surface area contributed by atoms with E-state index in [0.717, 1.165) is 32.5 Å². The van der Waals surface area contributed by atoms with Crippen molar-refractivity contribution in [3.8, 4) is 0 Å². The smallest absolute Gasteiger partial charge is 0.216 e. The van der Waals surface area contributed by atoms with Gasteiger partial charge in [-0.1, -0.05) is 24.3 Å². The number of nitrogens with zero attached hydrogens (tertiary/aromatic N) is 2. The monoisotopic (exact) mass is 390 g/mol. The Bertz CT molecular complexity index is 756. The first-order valence-corrected chi connectivity index (χ1v) is 12.2. The van der Waals surface area contributed by atoms with E-state index in [1.165, 1.54) is 49.8 Å². The van der Waals surface area contributed by atoms with E-state index in [0.29, 0.717) is 11.5 Å². The van der Waals surface area contributed by atoms with Crippen LogP contribution >= 0.6 is 0 Å². The number of hydrogen-bond donors (Lipinski definition) is 0. The zero-order chi connectivity index (χ0) is 19.1. The minimum atomic E-state index is -3.09. The van der Waals surface area contributed by atoms with Gasteiger partial charge in [-0.25, -0.2) is 12.7 Å². The van der Waals surface area contributed by atoms with Gasteiger partial charge < -0.3 is 0 Å². The summed E-state index contributed by atoms with van der Waals surface area (Å²) in [7, 11) is -3.09. The van der Waals surface area contributed by atoms with Crippen molar-refractivity contribution in [1.29, 1.82) is 0 Å². The van der Waals surface area contributed by atoms with Gasteiger partial charge in [-0.15, -0.1) is 0 Å². The molecule has 2 fully saturated rings. The van der Waals surface area contributed by atoms with Crippen molar-refractivity contribution in [1.82, 2.24) is 9.21 Å². The molecule has 1 saturated carbocycles. The molecule has 0 aromatic heterocycles. The van der Waals surface area contributed by atoms with E-state index < -0.39 is 10.0 Å². The predicted molar refractivity (Wildman–Crippen MR) is 110 cm³/mol. The summed E-state index contributed by atoms with van der Waals surface area (Å²) in [6, 6.07) is 9.60. The third kappa shape index (κ3) is 3.83. The van der Waals surface area contributed by atoms with Crippen LogP contribution in [0, 0.1) is 5.41 Å². The van der Waals surface area contributed by atoms with Crippen molar-refractivity contribution in [2.75, 3.05) is 19.6 Å². The molecule has 3 aliphatic rings. The Morgan fingerprint density at radius 2 is 1.59 bits per heavy atom. The molecule has 1 saturated heterocycles. The predicted octanol–water partition coefficient (Wildman–Crippen LogP) is 3.81. The number of fused-ring (bicyclic) bond motifs is 1. The molecule has 4 nitrogen and oxygen atoms in total. The Hall–Kier alpha value is -0.910. The van der Waals surface area contributed by atoms with E-state index in [4.69, 9.17) is 0 Å². The van der Waals surface area contributed by atoms with Crippen LogP contribution in [-0.2, 0) is 23.0 Å². The minimum Gasteiger partial charge on any atom is -0.296 e. The molecule has 4 rings (SSSR count). The second kappa shape index (κ2) is 7.49. The molecule has 0 atom stereocenters. The maximum atomic E-state index is 12.4. The summed E-state index contributed by atoms with van der Waals surface area (Å²) in [5.74, 6) is 0. The van der Waals surface area contributed by atoms with E-state index in [9.17, 15) is 8.42 Å².